The van der Waals surface area contributed by atoms with Crippen LogP contribution in [0, 0.1) is 17.8 Å². The van der Waals surface area contributed by atoms with Crippen LogP contribution in [0.25, 0.3) is 0 Å². The molecule has 0 unspecified atom stereocenters. The van der Waals surface area contributed by atoms with E-state index in [0.29, 0.717) is 0 Å². The van der Waals surface area contributed by atoms with Crippen molar-refractivity contribution in [2.75, 3.05) is 0 Å². The lowest BCUT2D eigenvalue weighted by Crippen LogP contribution is -2.53. The van der Waals surface area contributed by atoms with E-state index in [1.54, 1.807) is 0 Å². The first kappa shape index (κ1) is 8.36. The van der Waals surface area contributed by atoms with Gasteiger partial charge >= 0.3 is 0 Å². The minimum absolute atomic E-state index is 0.184. The molecule has 1 aliphatic rings. The van der Waals surface area contributed by atoms with Gasteiger partial charge in [-0.2, -0.15) is 0 Å². The number of aliphatic hydroxyl groups is 1. The molecule has 60 valence electrons. The molecule has 0 aromatic rings. The van der Waals surface area contributed by atoms with Crippen LogP contribution < -0.4 is 0 Å². The first-order valence-electron chi connectivity index (χ1n) is 3.92. The van der Waals surface area contributed by atoms with E-state index >= 15 is 0 Å². The van der Waals surface area contributed by atoms with E-state index in [9.17, 15) is 5.11 Å². The van der Waals surface area contributed by atoms with E-state index in [4.69, 9.17) is 6.42 Å². The monoisotopic (exact) mass is 150 g/mol. The molecule has 1 rings (SSSR count). The Kier molecular flexibility index (Phi) is 1.82. The molecule has 0 heterocycles. The first-order chi connectivity index (χ1) is 5.08. The quantitative estimate of drug-likeness (QED) is 0.446. The molecule has 1 saturated carbocycles. The van der Waals surface area contributed by atoms with Gasteiger partial charge in [0.25, 0.3) is 0 Å². The molecule has 0 aromatic carbocycles. The molecule has 0 amide bonds. The third-order valence-corrected chi connectivity index (χ3v) is 2.72. The maximum Gasteiger partial charge on any atom is 0.133 e. The van der Waals surface area contributed by atoms with Crippen LogP contribution in [0.1, 0.15) is 26.7 Å². The second-order valence-electron chi connectivity index (χ2n) is 3.42. The van der Waals surface area contributed by atoms with Crippen molar-refractivity contribution in [3.8, 4) is 12.3 Å². The lowest BCUT2D eigenvalue weighted by molar-refractivity contribution is -0.0817. The largest absolute Gasteiger partial charge is 0.377 e. The summed E-state index contributed by atoms with van der Waals surface area (Å²) in [6.45, 7) is 3.94. The lowest BCUT2D eigenvalue weighted by atomic mass is 9.58. The average Bonchev–Trinajstić information content (AvgIpc) is 2.01. The molecule has 0 radical (unpaired) electrons. The van der Waals surface area contributed by atoms with Gasteiger partial charge < -0.3 is 5.11 Å². The molecule has 0 aliphatic heterocycles. The predicted octanol–water partition coefficient (Wildman–Crippen LogP) is 1.73. The summed E-state index contributed by atoms with van der Waals surface area (Å²) in [6, 6.07) is 0. The lowest BCUT2D eigenvalue weighted by Gasteiger charge is -2.49. The van der Waals surface area contributed by atoms with Crippen LogP contribution in [0.2, 0.25) is 0 Å². The maximum atomic E-state index is 9.78. The zero-order valence-corrected chi connectivity index (χ0v) is 7.09. The SMILES string of the molecule is C#C[C@]1(O)CC[C@@]1(C)/C=C/C. The molecule has 2 atom stereocenters. The van der Waals surface area contributed by atoms with Crippen molar-refractivity contribution in [1.29, 1.82) is 0 Å². The number of hydrogen-bond acceptors (Lipinski definition) is 1. The maximum absolute atomic E-state index is 9.78. The summed E-state index contributed by atoms with van der Waals surface area (Å²) in [5.41, 5.74) is -1.07. The van der Waals surface area contributed by atoms with E-state index in [1.807, 2.05) is 26.0 Å². The van der Waals surface area contributed by atoms with Crippen molar-refractivity contribution < 1.29 is 5.11 Å². The molecule has 0 spiro atoms. The van der Waals surface area contributed by atoms with Crippen molar-refractivity contribution in [2.45, 2.75) is 32.3 Å². The van der Waals surface area contributed by atoms with E-state index in [0.717, 1.165) is 12.8 Å². The summed E-state index contributed by atoms with van der Waals surface area (Å²) in [4.78, 5) is 0. The highest BCUT2D eigenvalue weighted by Crippen LogP contribution is 2.50. The van der Waals surface area contributed by atoms with Crippen molar-refractivity contribution in [3.05, 3.63) is 12.2 Å². The normalized spacial score (nSPS) is 43.5. The van der Waals surface area contributed by atoms with E-state index < -0.39 is 5.60 Å². The molecule has 0 saturated heterocycles. The molecule has 1 N–H and O–H groups in total. The van der Waals surface area contributed by atoms with Gasteiger partial charge in [-0.15, -0.1) is 6.42 Å². The van der Waals surface area contributed by atoms with Crippen molar-refractivity contribution in [2.24, 2.45) is 5.41 Å². The fraction of sp³-hybridized carbons (Fsp3) is 0.600. The molecule has 0 bridgehead atoms. The van der Waals surface area contributed by atoms with Crippen LogP contribution in [0.4, 0.5) is 0 Å². The van der Waals surface area contributed by atoms with Gasteiger partial charge in [-0.05, 0) is 19.8 Å². The first-order valence-corrected chi connectivity index (χ1v) is 3.92. The van der Waals surface area contributed by atoms with Gasteiger partial charge in [-0.1, -0.05) is 25.0 Å². The van der Waals surface area contributed by atoms with Crippen molar-refractivity contribution in [1.82, 2.24) is 0 Å². The van der Waals surface area contributed by atoms with Crippen LogP contribution in [-0.4, -0.2) is 10.7 Å². The Balaban J connectivity index is 2.84. The Morgan fingerprint density at radius 1 is 1.55 bits per heavy atom. The van der Waals surface area contributed by atoms with E-state index in [1.165, 1.54) is 0 Å². The van der Waals surface area contributed by atoms with E-state index in [-0.39, 0.29) is 5.41 Å². The fourth-order valence-electron chi connectivity index (χ4n) is 1.58. The van der Waals surface area contributed by atoms with Gasteiger partial charge in [-0.3, -0.25) is 0 Å². The fourth-order valence-corrected chi connectivity index (χ4v) is 1.58. The highest BCUT2D eigenvalue weighted by Gasteiger charge is 2.52. The van der Waals surface area contributed by atoms with Crippen LogP contribution in [0.5, 0.6) is 0 Å². The minimum Gasteiger partial charge on any atom is -0.377 e. The van der Waals surface area contributed by atoms with E-state index in [2.05, 4.69) is 5.92 Å². The third-order valence-electron chi connectivity index (χ3n) is 2.72. The predicted molar refractivity (Wildman–Crippen MR) is 45.9 cm³/mol. The zero-order valence-electron chi connectivity index (χ0n) is 7.09. The number of rotatable bonds is 1. The minimum atomic E-state index is -0.889. The highest BCUT2D eigenvalue weighted by atomic mass is 16.3. The summed E-state index contributed by atoms with van der Waals surface area (Å²) in [7, 11) is 0. The van der Waals surface area contributed by atoms with Gasteiger partial charge in [0.05, 0.1) is 0 Å². The van der Waals surface area contributed by atoms with Crippen LogP contribution in [-0.2, 0) is 0 Å². The molecule has 0 aromatic heterocycles. The molecular formula is C10H14O. The molecule has 11 heavy (non-hydrogen) atoms. The number of allylic oxidation sites excluding steroid dienone is 1. The second-order valence-corrected chi connectivity index (χ2v) is 3.42. The Bertz CT molecular complexity index is 224. The van der Waals surface area contributed by atoms with Gasteiger partial charge in [0, 0.05) is 5.41 Å². The molecule has 1 aliphatic carbocycles. The summed E-state index contributed by atoms with van der Waals surface area (Å²) < 4.78 is 0. The molecule has 1 nitrogen and oxygen atoms in total. The van der Waals surface area contributed by atoms with Crippen LogP contribution in [0.15, 0.2) is 12.2 Å². The van der Waals surface area contributed by atoms with Crippen LogP contribution >= 0.6 is 0 Å². The second kappa shape index (κ2) is 2.39. The summed E-state index contributed by atoms with van der Waals surface area (Å²) >= 11 is 0. The van der Waals surface area contributed by atoms with Gasteiger partial charge in [0.15, 0.2) is 0 Å². The third kappa shape index (κ3) is 0.985. The van der Waals surface area contributed by atoms with Crippen molar-refractivity contribution >= 4 is 0 Å². The Morgan fingerprint density at radius 2 is 2.18 bits per heavy atom. The molecule has 1 heteroatoms. The topological polar surface area (TPSA) is 20.2 Å². The van der Waals surface area contributed by atoms with Gasteiger partial charge in [-0.25, -0.2) is 0 Å². The van der Waals surface area contributed by atoms with Crippen molar-refractivity contribution in [3.63, 3.8) is 0 Å². The smallest absolute Gasteiger partial charge is 0.133 e. The molecule has 1 fully saturated rings. The zero-order chi connectivity index (χ0) is 8.54. The summed E-state index contributed by atoms with van der Waals surface area (Å²) in [6.07, 6.45) is 10.9. The molecular weight excluding hydrogens is 136 g/mol. The van der Waals surface area contributed by atoms with Crippen LogP contribution in [0.3, 0.4) is 0 Å². The Labute approximate surface area is 68.1 Å². The Hall–Kier alpha value is -0.740. The standard InChI is InChI=1S/C10H14O/c1-4-6-9(3)7-8-10(9,11)5-2/h2,4,6,11H,7-8H2,1,3H3/b6-4+/t9-,10+/m1/s1. The highest BCUT2D eigenvalue weighted by molar-refractivity contribution is 5.27. The summed E-state index contributed by atoms with van der Waals surface area (Å²) in [5.74, 6) is 2.46. The number of terminal acetylenes is 1. The van der Waals surface area contributed by atoms with Gasteiger partial charge in [0.1, 0.15) is 5.60 Å². The Morgan fingerprint density at radius 3 is 2.45 bits per heavy atom. The number of hydrogen-bond donors (Lipinski definition) is 1. The average molecular weight is 150 g/mol. The van der Waals surface area contributed by atoms with Gasteiger partial charge in [0.2, 0.25) is 0 Å². The summed E-state index contributed by atoms with van der Waals surface area (Å²) in [5, 5.41) is 9.78.